The van der Waals surface area contributed by atoms with Gasteiger partial charge < -0.3 is 14.8 Å². The minimum absolute atomic E-state index is 0.0665. The maximum absolute atomic E-state index is 12.7. The molecule has 0 spiro atoms. The van der Waals surface area contributed by atoms with Crippen molar-refractivity contribution in [1.82, 2.24) is 10.2 Å². The molecule has 136 valence electrons. The molecule has 26 heavy (non-hydrogen) atoms. The van der Waals surface area contributed by atoms with E-state index in [4.69, 9.17) is 4.42 Å². The lowest BCUT2D eigenvalue weighted by atomic mass is 10.1. The molecule has 0 radical (unpaired) electrons. The molecule has 0 fully saturated rings. The molecule has 8 heteroatoms. The molecule has 0 saturated heterocycles. The van der Waals surface area contributed by atoms with E-state index in [1.165, 1.54) is 26.0 Å². The standard InChI is InChI=1S/C18H16F3N3O2/c1-17(2,25)16-24-23-15(26-16)13-5-3-4-6-14(13)22-12-9-7-11(8-10-12)18(19,20)21/h3-10,22,25H,1-2H3. The van der Waals surface area contributed by atoms with Crippen LogP contribution in [-0.2, 0) is 11.8 Å². The summed E-state index contributed by atoms with van der Waals surface area (Å²) in [6, 6.07) is 11.7. The zero-order valence-electron chi connectivity index (χ0n) is 14.0. The number of aliphatic hydroxyl groups is 1. The van der Waals surface area contributed by atoms with Gasteiger partial charge in [0.05, 0.1) is 16.8 Å². The Balaban J connectivity index is 1.89. The first-order valence-corrected chi connectivity index (χ1v) is 7.74. The largest absolute Gasteiger partial charge is 0.417 e. The van der Waals surface area contributed by atoms with Crippen LogP contribution in [-0.4, -0.2) is 15.3 Å². The first-order chi connectivity index (χ1) is 12.1. The molecular weight excluding hydrogens is 347 g/mol. The van der Waals surface area contributed by atoms with Gasteiger partial charge in [0, 0.05) is 5.69 Å². The van der Waals surface area contributed by atoms with Crippen LogP contribution in [0.5, 0.6) is 0 Å². The number of hydrogen-bond acceptors (Lipinski definition) is 5. The molecule has 3 rings (SSSR count). The van der Waals surface area contributed by atoms with E-state index in [1.54, 1.807) is 24.3 Å². The topological polar surface area (TPSA) is 71.2 Å². The monoisotopic (exact) mass is 363 g/mol. The van der Waals surface area contributed by atoms with E-state index in [-0.39, 0.29) is 11.8 Å². The van der Waals surface area contributed by atoms with E-state index in [0.717, 1.165) is 12.1 Å². The normalized spacial score (nSPS) is 12.2. The Hall–Kier alpha value is -2.87. The Morgan fingerprint density at radius 1 is 0.962 bits per heavy atom. The number of nitrogens with zero attached hydrogens (tertiary/aromatic N) is 2. The molecule has 0 aliphatic carbocycles. The van der Waals surface area contributed by atoms with E-state index in [9.17, 15) is 18.3 Å². The van der Waals surface area contributed by atoms with Gasteiger partial charge in [-0.05, 0) is 50.2 Å². The molecule has 0 aliphatic rings. The highest BCUT2D eigenvalue weighted by molar-refractivity contribution is 5.76. The highest BCUT2D eigenvalue weighted by atomic mass is 19.4. The smallest absolute Gasteiger partial charge is 0.416 e. The maximum Gasteiger partial charge on any atom is 0.416 e. The van der Waals surface area contributed by atoms with Crippen LogP contribution in [0.4, 0.5) is 24.5 Å². The van der Waals surface area contributed by atoms with E-state index < -0.39 is 17.3 Å². The van der Waals surface area contributed by atoms with Gasteiger partial charge in [-0.15, -0.1) is 10.2 Å². The van der Waals surface area contributed by atoms with Crippen LogP contribution >= 0.6 is 0 Å². The van der Waals surface area contributed by atoms with Crippen LogP contribution in [0.1, 0.15) is 25.3 Å². The average molecular weight is 363 g/mol. The van der Waals surface area contributed by atoms with E-state index in [2.05, 4.69) is 15.5 Å². The second kappa shape index (κ2) is 6.45. The highest BCUT2D eigenvalue weighted by Crippen LogP contribution is 2.33. The fraction of sp³-hybridized carbons (Fsp3) is 0.222. The van der Waals surface area contributed by atoms with Gasteiger partial charge in [-0.3, -0.25) is 0 Å². The number of anilines is 2. The summed E-state index contributed by atoms with van der Waals surface area (Å²) in [7, 11) is 0. The first-order valence-electron chi connectivity index (χ1n) is 7.74. The molecule has 0 amide bonds. The van der Waals surface area contributed by atoms with Gasteiger partial charge in [0.15, 0.2) is 0 Å². The molecule has 1 heterocycles. The fourth-order valence-electron chi connectivity index (χ4n) is 2.26. The van der Waals surface area contributed by atoms with Crippen LogP contribution in [0.15, 0.2) is 52.9 Å². The van der Waals surface area contributed by atoms with Crippen molar-refractivity contribution in [3.8, 4) is 11.5 Å². The molecule has 0 atom stereocenters. The summed E-state index contributed by atoms with van der Waals surface area (Å²) in [4.78, 5) is 0. The van der Waals surface area contributed by atoms with Gasteiger partial charge in [-0.25, -0.2) is 0 Å². The van der Waals surface area contributed by atoms with Gasteiger partial charge in [0.2, 0.25) is 11.8 Å². The maximum atomic E-state index is 12.7. The second-order valence-electron chi connectivity index (χ2n) is 6.22. The molecule has 0 aliphatic heterocycles. The summed E-state index contributed by atoms with van der Waals surface area (Å²) in [5, 5.41) is 20.7. The van der Waals surface area contributed by atoms with Crippen molar-refractivity contribution >= 4 is 11.4 Å². The van der Waals surface area contributed by atoms with Crippen molar-refractivity contribution in [2.75, 3.05) is 5.32 Å². The zero-order valence-corrected chi connectivity index (χ0v) is 14.0. The van der Waals surface area contributed by atoms with Gasteiger partial charge in [-0.1, -0.05) is 12.1 Å². The Morgan fingerprint density at radius 3 is 2.19 bits per heavy atom. The minimum atomic E-state index is -4.38. The van der Waals surface area contributed by atoms with Crippen molar-refractivity contribution in [3.63, 3.8) is 0 Å². The molecule has 0 bridgehead atoms. The minimum Gasteiger partial charge on any atom is -0.417 e. The van der Waals surface area contributed by atoms with Gasteiger partial charge in [0.25, 0.3) is 0 Å². The SMILES string of the molecule is CC(C)(O)c1nnc(-c2ccccc2Nc2ccc(C(F)(F)F)cc2)o1. The van der Waals surface area contributed by atoms with E-state index in [0.29, 0.717) is 16.9 Å². The predicted molar refractivity (Wildman–Crippen MR) is 89.7 cm³/mol. The van der Waals surface area contributed by atoms with Crippen LogP contribution in [0.25, 0.3) is 11.5 Å². The fourth-order valence-corrected chi connectivity index (χ4v) is 2.26. The third-order valence-corrected chi connectivity index (χ3v) is 3.60. The number of rotatable bonds is 4. The Labute approximate surface area is 147 Å². The molecule has 5 nitrogen and oxygen atoms in total. The predicted octanol–water partition coefficient (Wildman–Crippen LogP) is 4.73. The van der Waals surface area contributed by atoms with Crippen LogP contribution in [0, 0.1) is 0 Å². The van der Waals surface area contributed by atoms with Gasteiger partial charge in [-0.2, -0.15) is 13.2 Å². The number of para-hydroxylation sites is 1. The lowest BCUT2D eigenvalue weighted by molar-refractivity contribution is -0.137. The summed E-state index contributed by atoms with van der Waals surface area (Å²) in [6.45, 7) is 3.05. The number of alkyl halides is 3. The van der Waals surface area contributed by atoms with Crippen molar-refractivity contribution in [2.24, 2.45) is 0 Å². The van der Waals surface area contributed by atoms with Gasteiger partial charge in [0.1, 0.15) is 5.60 Å². The van der Waals surface area contributed by atoms with Crippen LogP contribution < -0.4 is 5.32 Å². The summed E-state index contributed by atoms with van der Waals surface area (Å²) >= 11 is 0. The highest BCUT2D eigenvalue weighted by Gasteiger charge is 2.30. The molecule has 3 aromatic rings. The third kappa shape index (κ3) is 3.85. The lowest BCUT2D eigenvalue weighted by Gasteiger charge is -2.12. The molecule has 2 N–H and O–H groups in total. The van der Waals surface area contributed by atoms with Crippen LogP contribution in [0.3, 0.4) is 0 Å². The number of nitrogens with one attached hydrogen (secondary N) is 1. The van der Waals surface area contributed by atoms with Crippen molar-refractivity contribution < 1.29 is 22.7 Å². The van der Waals surface area contributed by atoms with E-state index in [1.807, 2.05) is 0 Å². The summed E-state index contributed by atoms with van der Waals surface area (Å²) < 4.78 is 43.5. The first kappa shape index (κ1) is 17.9. The summed E-state index contributed by atoms with van der Waals surface area (Å²) in [6.07, 6.45) is -4.38. The van der Waals surface area contributed by atoms with Gasteiger partial charge >= 0.3 is 6.18 Å². The van der Waals surface area contributed by atoms with Crippen LogP contribution in [0.2, 0.25) is 0 Å². The average Bonchev–Trinajstić information content (AvgIpc) is 3.05. The molecular formula is C18H16F3N3O2. The van der Waals surface area contributed by atoms with E-state index >= 15 is 0 Å². The molecule has 0 unspecified atom stereocenters. The number of halogens is 3. The Kier molecular flexibility index (Phi) is 4.45. The number of benzene rings is 2. The Bertz CT molecular complexity index is 897. The quantitative estimate of drug-likeness (QED) is 0.701. The lowest BCUT2D eigenvalue weighted by Crippen LogP contribution is -2.15. The molecule has 1 aromatic heterocycles. The molecule has 0 saturated carbocycles. The summed E-state index contributed by atoms with van der Waals surface area (Å²) in [5.74, 6) is 0.258. The molecule has 2 aromatic carbocycles. The zero-order chi connectivity index (χ0) is 18.9. The summed E-state index contributed by atoms with van der Waals surface area (Å²) in [5.41, 5.74) is -0.370. The number of hydrogen-bond donors (Lipinski definition) is 2. The number of aromatic nitrogens is 2. The van der Waals surface area contributed by atoms with Crippen molar-refractivity contribution in [1.29, 1.82) is 0 Å². The second-order valence-corrected chi connectivity index (χ2v) is 6.22. The Morgan fingerprint density at radius 2 is 1.62 bits per heavy atom. The third-order valence-electron chi connectivity index (χ3n) is 3.60. The van der Waals surface area contributed by atoms with Crippen molar-refractivity contribution in [3.05, 3.63) is 60.0 Å². The van der Waals surface area contributed by atoms with Crippen molar-refractivity contribution in [2.45, 2.75) is 25.6 Å².